The Labute approximate surface area is 177 Å². The smallest absolute Gasteiger partial charge is 0.267 e. The van der Waals surface area contributed by atoms with Crippen molar-refractivity contribution < 1.29 is 9.59 Å². The molecule has 1 spiro atoms. The Bertz CT molecular complexity index is 1050. The van der Waals surface area contributed by atoms with Crippen molar-refractivity contribution >= 4 is 17.4 Å². The highest BCUT2D eigenvalue weighted by atomic mass is 16.2. The quantitative estimate of drug-likeness (QED) is 0.793. The Hall–Kier alpha value is -2.50. The first-order chi connectivity index (χ1) is 14.4. The summed E-state index contributed by atoms with van der Waals surface area (Å²) in [7, 11) is 0. The molecule has 5 heteroatoms. The van der Waals surface area contributed by atoms with Crippen LogP contribution in [0.15, 0.2) is 54.6 Å². The van der Waals surface area contributed by atoms with Gasteiger partial charge >= 0.3 is 0 Å². The van der Waals surface area contributed by atoms with Crippen molar-refractivity contribution in [1.82, 2.24) is 9.80 Å². The van der Waals surface area contributed by atoms with Crippen molar-refractivity contribution in [2.45, 2.75) is 32.5 Å². The molecular weight excluding hydrogens is 374 g/mol. The van der Waals surface area contributed by atoms with E-state index in [0.717, 1.165) is 23.2 Å². The Balaban J connectivity index is 1.49. The van der Waals surface area contributed by atoms with Gasteiger partial charge in [0.1, 0.15) is 5.78 Å². The number of carbonyl (C=O) groups excluding carboxylic acids is 2. The normalized spacial score (nSPS) is 38.5. The molecule has 7 rings (SSSR count). The van der Waals surface area contributed by atoms with Gasteiger partial charge in [-0.1, -0.05) is 62.4 Å². The number of carbonyl (C=O) groups is 2. The van der Waals surface area contributed by atoms with Crippen LogP contribution in [0, 0.1) is 10.8 Å². The second-order valence-corrected chi connectivity index (χ2v) is 9.80. The molecule has 2 atom stereocenters. The molecule has 0 saturated carbocycles. The molecule has 30 heavy (non-hydrogen) atoms. The minimum atomic E-state index is -0.774. The summed E-state index contributed by atoms with van der Waals surface area (Å²) in [6, 6.07) is 18.4. The van der Waals surface area contributed by atoms with Gasteiger partial charge in [0.15, 0.2) is 5.66 Å². The summed E-state index contributed by atoms with van der Waals surface area (Å²) in [5, 5.41) is 0. The third-order valence-corrected chi connectivity index (χ3v) is 7.99. The topological polar surface area (TPSA) is 43.9 Å². The molecule has 0 aliphatic carbocycles. The zero-order valence-electron chi connectivity index (χ0n) is 17.6. The fourth-order valence-electron chi connectivity index (χ4n) is 6.70. The Kier molecular flexibility index (Phi) is 3.54. The predicted octanol–water partition coefficient (Wildman–Crippen LogP) is 3.00. The van der Waals surface area contributed by atoms with E-state index in [1.54, 1.807) is 0 Å². The van der Waals surface area contributed by atoms with Gasteiger partial charge in [-0.25, -0.2) is 0 Å². The predicted molar refractivity (Wildman–Crippen MR) is 115 cm³/mol. The van der Waals surface area contributed by atoms with Crippen LogP contribution in [0.2, 0.25) is 0 Å². The Morgan fingerprint density at radius 3 is 2.17 bits per heavy atom. The lowest BCUT2D eigenvalue weighted by molar-refractivity contribution is -0.231. The van der Waals surface area contributed by atoms with Crippen LogP contribution in [0.3, 0.4) is 0 Å². The van der Waals surface area contributed by atoms with Crippen LogP contribution in [-0.4, -0.2) is 47.7 Å². The number of piperidine rings is 2. The van der Waals surface area contributed by atoms with Gasteiger partial charge in [-0.15, -0.1) is 0 Å². The molecule has 4 bridgehead atoms. The van der Waals surface area contributed by atoms with Crippen LogP contribution in [0.5, 0.6) is 0 Å². The van der Waals surface area contributed by atoms with Crippen LogP contribution in [0.25, 0.3) is 0 Å². The summed E-state index contributed by atoms with van der Waals surface area (Å²) >= 11 is 0. The maximum absolute atomic E-state index is 14.2. The number of hydrogen-bond acceptors (Lipinski definition) is 4. The number of fused-ring (bicyclic) bond motifs is 1. The maximum atomic E-state index is 14.2. The van der Waals surface area contributed by atoms with E-state index in [1.165, 1.54) is 0 Å². The molecular formula is C25H27N3O2. The molecule has 0 radical (unpaired) electrons. The standard InChI is InChI=1S/C25H27N3O2/c1-3-24-16-26-14-23(2,21(24)29)15-27(17-24)25(26)19-11-7-8-12-20(19)28(22(25)30)13-18-9-5-4-6-10-18/h4-12H,3,13-17H2,1-2H3. The lowest BCUT2D eigenvalue weighted by Crippen LogP contribution is -2.83. The summed E-state index contributed by atoms with van der Waals surface area (Å²) in [4.78, 5) is 34.2. The monoisotopic (exact) mass is 401 g/mol. The minimum absolute atomic E-state index is 0.133. The van der Waals surface area contributed by atoms with Crippen molar-refractivity contribution in [3.05, 3.63) is 65.7 Å². The molecule has 2 aromatic rings. The van der Waals surface area contributed by atoms with E-state index in [9.17, 15) is 9.59 Å². The first-order valence-electron chi connectivity index (χ1n) is 11.0. The zero-order chi connectivity index (χ0) is 20.7. The van der Waals surface area contributed by atoms with Crippen molar-refractivity contribution in [3.63, 3.8) is 0 Å². The number of para-hydroxylation sites is 1. The summed E-state index contributed by atoms with van der Waals surface area (Å²) in [6.45, 7) is 7.44. The van der Waals surface area contributed by atoms with Crippen molar-refractivity contribution in [2.24, 2.45) is 10.8 Å². The van der Waals surface area contributed by atoms with Crippen LogP contribution in [-0.2, 0) is 21.8 Å². The Morgan fingerprint density at radius 1 is 0.867 bits per heavy atom. The molecule has 0 aromatic heterocycles. The highest BCUT2D eigenvalue weighted by molar-refractivity contribution is 6.08. The third-order valence-electron chi connectivity index (χ3n) is 7.99. The van der Waals surface area contributed by atoms with Gasteiger partial charge in [-0.3, -0.25) is 19.4 Å². The molecule has 2 aromatic carbocycles. The molecule has 2 unspecified atom stereocenters. The van der Waals surface area contributed by atoms with E-state index in [-0.39, 0.29) is 16.7 Å². The van der Waals surface area contributed by atoms with Gasteiger partial charge in [0, 0.05) is 31.7 Å². The fourth-order valence-corrected chi connectivity index (χ4v) is 6.70. The first kappa shape index (κ1) is 18.3. The largest absolute Gasteiger partial charge is 0.304 e. The second-order valence-electron chi connectivity index (χ2n) is 9.80. The summed E-state index contributed by atoms with van der Waals surface area (Å²) in [5.41, 5.74) is 1.69. The highest BCUT2D eigenvalue weighted by Crippen LogP contribution is 2.59. The average molecular weight is 402 g/mol. The second kappa shape index (κ2) is 5.80. The molecule has 5 nitrogen and oxygen atoms in total. The number of nitrogens with zero attached hydrogens (tertiary/aromatic N) is 3. The lowest BCUT2D eigenvalue weighted by atomic mass is 9.58. The minimum Gasteiger partial charge on any atom is -0.304 e. The van der Waals surface area contributed by atoms with Crippen molar-refractivity contribution in [3.8, 4) is 0 Å². The molecule has 0 N–H and O–H groups in total. The van der Waals surface area contributed by atoms with E-state index in [2.05, 4.69) is 47.9 Å². The first-order valence-corrected chi connectivity index (χ1v) is 11.0. The van der Waals surface area contributed by atoms with Crippen molar-refractivity contribution in [1.29, 1.82) is 0 Å². The van der Waals surface area contributed by atoms with Gasteiger partial charge in [0.05, 0.1) is 23.1 Å². The SMILES string of the molecule is CCC12CN3CC(C)(CN(C1)C31C(=O)N(Cc3ccccc3)c3ccccc31)C2=O. The van der Waals surface area contributed by atoms with Gasteiger partial charge in [-0.05, 0) is 18.1 Å². The number of rotatable bonds is 3. The fraction of sp³-hybridized carbons (Fsp3) is 0.440. The molecule has 1 amide bonds. The lowest BCUT2D eigenvalue weighted by Gasteiger charge is -2.68. The van der Waals surface area contributed by atoms with Gasteiger partial charge < -0.3 is 4.90 Å². The summed E-state index contributed by atoms with van der Waals surface area (Å²) in [5.74, 6) is 0.536. The number of hydrogen-bond donors (Lipinski definition) is 0. The maximum Gasteiger partial charge on any atom is 0.267 e. The molecule has 5 aliphatic rings. The Morgan fingerprint density at radius 2 is 1.50 bits per heavy atom. The number of anilines is 1. The molecule has 4 fully saturated rings. The zero-order valence-corrected chi connectivity index (χ0v) is 17.6. The van der Waals surface area contributed by atoms with Crippen LogP contribution in [0.4, 0.5) is 5.69 Å². The van der Waals surface area contributed by atoms with Crippen LogP contribution < -0.4 is 4.90 Å². The molecule has 5 aliphatic heterocycles. The van der Waals surface area contributed by atoms with E-state index < -0.39 is 5.66 Å². The number of benzene rings is 2. The highest BCUT2D eigenvalue weighted by Gasteiger charge is 2.72. The van der Waals surface area contributed by atoms with Gasteiger partial charge in [0.25, 0.3) is 5.91 Å². The van der Waals surface area contributed by atoms with Crippen LogP contribution >= 0.6 is 0 Å². The van der Waals surface area contributed by atoms with Crippen molar-refractivity contribution in [2.75, 3.05) is 31.1 Å². The molecule has 154 valence electrons. The number of ketones is 1. The van der Waals surface area contributed by atoms with E-state index in [0.29, 0.717) is 38.5 Å². The van der Waals surface area contributed by atoms with Gasteiger partial charge in [-0.2, -0.15) is 0 Å². The molecule has 4 saturated heterocycles. The third kappa shape index (κ3) is 2.00. The summed E-state index contributed by atoms with van der Waals surface area (Å²) < 4.78 is 0. The van der Waals surface area contributed by atoms with Crippen LogP contribution in [0.1, 0.15) is 31.4 Å². The van der Waals surface area contributed by atoms with E-state index in [4.69, 9.17) is 0 Å². The van der Waals surface area contributed by atoms with E-state index >= 15 is 0 Å². The number of amides is 1. The number of Topliss-reactive ketones (excluding diaryl/α,β-unsaturated/α-hetero) is 1. The van der Waals surface area contributed by atoms with Gasteiger partial charge in [0.2, 0.25) is 0 Å². The molecule has 5 heterocycles. The average Bonchev–Trinajstić information content (AvgIpc) is 2.99. The van der Waals surface area contributed by atoms with E-state index in [1.807, 2.05) is 35.2 Å². The summed E-state index contributed by atoms with van der Waals surface area (Å²) in [6.07, 6.45) is 0.827.